The van der Waals surface area contributed by atoms with Gasteiger partial charge >= 0.3 is 0 Å². The van der Waals surface area contributed by atoms with Crippen molar-refractivity contribution in [3.05, 3.63) is 66.0 Å². The SMILES string of the molecule is CC(c1ccc(F)cc1)C(CCN1CCCCC1)COS(=O)(=O)c1ccccc1. The minimum Gasteiger partial charge on any atom is -0.303 e. The number of nitrogens with zero attached hydrogens (tertiary/aromatic N) is 1. The van der Waals surface area contributed by atoms with Crippen LogP contribution in [-0.2, 0) is 14.3 Å². The summed E-state index contributed by atoms with van der Waals surface area (Å²) >= 11 is 0. The Balaban J connectivity index is 1.69. The summed E-state index contributed by atoms with van der Waals surface area (Å²) in [5, 5.41) is 0. The van der Waals surface area contributed by atoms with E-state index >= 15 is 0 Å². The van der Waals surface area contributed by atoms with Crippen molar-refractivity contribution < 1.29 is 17.0 Å². The molecule has 1 aliphatic rings. The first-order valence-electron chi connectivity index (χ1n) is 10.4. The second-order valence-electron chi connectivity index (χ2n) is 7.84. The maximum Gasteiger partial charge on any atom is 0.296 e. The fourth-order valence-corrected chi connectivity index (χ4v) is 4.86. The number of likely N-dealkylation sites (tertiary alicyclic amines) is 1. The van der Waals surface area contributed by atoms with Crippen LogP contribution in [0.2, 0.25) is 0 Å². The first-order chi connectivity index (χ1) is 14.0. The van der Waals surface area contributed by atoms with Gasteiger partial charge in [0.1, 0.15) is 5.82 Å². The van der Waals surface area contributed by atoms with Crippen molar-refractivity contribution in [3.63, 3.8) is 0 Å². The highest BCUT2D eigenvalue weighted by atomic mass is 32.2. The van der Waals surface area contributed by atoms with Crippen LogP contribution in [0.1, 0.15) is 44.1 Å². The van der Waals surface area contributed by atoms with Crippen LogP contribution in [-0.4, -0.2) is 39.6 Å². The van der Waals surface area contributed by atoms with E-state index in [1.807, 2.05) is 0 Å². The molecule has 2 aromatic rings. The van der Waals surface area contributed by atoms with Crippen molar-refractivity contribution in [2.45, 2.75) is 43.4 Å². The number of hydrogen-bond donors (Lipinski definition) is 0. The molecule has 0 saturated carbocycles. The van der Waals surface area contributed by atoms with Gasteiger partial charge in [0.15, 0.2) is 0 Å². The van der Waals surface area contributed by atoms with Crippen LogP contribution in [0, 0.1) is 11.7 Å². The number of halogens is 1. The summed E-state index contributed by atoms with van der Waals surface area (Å²) in [7, 11) is -3.79. The molecule has 1 heterocycles. The molecule has 0 aromatic heterocycles. The molecule has 1 aliphatic heterocycles. The monoisotopic (exact) mass is 419 g/mol. The molecule has 0 N–H and O–H groups in total. The third-order valence-electron chi connectivity index (χ3n) is 5.84. The molecule has 2 aromatic carbocycles. The molecule has 1 saturated heterocycles. The normalized spacial score (nSPS) is 17.7. The van der Waals surface area contributed by atoms with E-state index in [1.54, 1.807) is 42.5 Å². The summed E-state index contributed by atoms with van der Waals surface area (Å²) in [6.45, 7) is 5.29. The number of hydrogen-bond acceptors (Lipinski definition) is 4. The standard InChI is InChI=1S/C23H30FNO3S/c1-19(20-10-12-22(24)13-11-20)21(14-17-25-15-6-3-7-16-25)18-28-29(26,27)23-8-4-2-5-9-23/h2,4-5,8-13,19,21H,3,6-7,14-18H2,1H3. The largest absolute Gasteiger partial charge is 0.303 e. The highest BCUT2D eigenvalue weighted by Crippen LogP contribution is 2.29. The van der Waals surface area contributed by atoms with E-state index in [0.29, 0.717) is 0 Å². The van der Waals surface area contributed by atoms with E-state index in [1.165, 1.54) is 31.4 Å². The molecule has 0 amide bonds. The van der Waals surface area contributed by atoms with Crippen molar-refractivity contribution >= 4 is 10.1 Å². The number of piperidine rings is 1. The summed E-state index contributed by atoms with van der Waals surface area (Å²) in [5.41, 5.74) is 0.996. The Hall–Kier alpha value is -1.76. The molecule has 29 heavy (non-hydrogen) atoms. The molecule has 0 bridgehead atoms. The summed E-state index contributed by atoms with van der Waals surface area (Å²) in [6, 6.07) is 14.7. The van der Waals surface area contributed by atoms with Crippen LogP contribution in [0.4, 0.5) is 4.39 Å². The molecule has 0 radical (unpaired) electrons. The first kappa shape index (κ1) is 21.9. The molecule has 0 spiro atoms. The Morgan fingerprint density at radius 1 is 1.00 bits per heavy atom. The highest BCUT2D eigenvalue weighted by molar-refractivity contribution is 7.86. The molecule has 158 valence electrons. The lowest BCUT2D eigenvalue weighted by atomic mass is 9.85. The van der Waals surface area contributed by atoms with Gasteiger partial charge in [-0.1, -0.05) is 43.7 Å². The van der Waals surface area contributed by atoms with Crippen molar-refractivity contribution in [1.29, 1.82) is 0 Å². The van der Waals surface area contributed by atoms with Crippen LogP contribution in [0.5, 0.6) is 0 Å². The molecular formula is C23H30FNO3S. The lowest BCUT2D eigenvalue weighted by Gasteiger charge is -2.30. The van der Waals surface area contributed by atoms with E-state index < -0.39 is 10.1 Å². The van der Waals surface area contributed by atoms with Gasteiger partial charge in [0.05, 0.1) is 11.5 Å². The topological polar surface area (TPSA) is 46.6 Å². The summed E-state index contributed by atoms with van der Waals surface area (Å²) in [5.74, 6) is -0.194. The zero-order valence-corrected chi connectivity index (χ0v) is 17.8. The minimum absolute atomic E-state index is 0.0147. The molecule has 1 fully saturated rings. The number of benzene rings is 2. The van der Waals surface area contributed by atoms with Gasteiger partial charge in [-0.2, -0.15) is 8.42 Å². The number of rotatable bonds is 9. The molecule has 6 heteroatoms. The van der Waals surface area contributed by atoms with Gasteiger partial charge < -0.3 is 4.90 Å². The molecule has 3 rings (SSSR count). The maximum atomic E-state index is 13.3. The zero-order chi connectivity index (χ0) is 20.7. The smallest absolute Gasteiger partial charge is 0.296 e. The second-order valence-corrected chi connectivity index (χ2v) is 9.46. The Labute approximate surface area is 173 Å². The summed E-state index contributed by atoms with van der Waals surface area (Å²) in [6.07, 6.45) is 4.56. The van der Waals surface area contributed by atoms with Gasteiger partial charge in [-0.3, -0.25) is 4.18 Å². The molecule has 4 nitrogen and oxygen atoms in total. The maximum absolute atomic E-state index is 13.3. The lowest BCUT2D eigenvalue weighted by molar-refractivity contribution is 0.176. The van der Waals surface area contributed by atoms with E-state index in [4.69, 9.17) is 4.18 Å². The van der Waals surface area contributed by atoms with Gasteiger partial charge in [-0.25, -0.2) is 4.39 Å². The van der Waals surface area contributed by atoms with Gasteiger partial charge in [0.25, 0.3) is 10.1 Å². The van der Waals surface area contributed by atoms with E-state index in [-0.39, 0.29) is 29.2 Å². The molecular weight excluding hydrogens is 389 g/mol. The molecule has 0 aliphatic carbocycles. The average Bonchev–Trinajstić information content (AvgIpc) is 2.75. The van der Waals surface area contributed by atoms with Crippen molar-refractivity contribution in [3.8, 4) is 0 Å². The predicted molar refractivity (Wildman–Crippen MR) is 113 cm³/mol. The predicted octanol–water partition coefficient (Wildman–Crippen LogP) is 4.83. The summed E-state index contributed by atoms with van der Waals surface area (Å²) < 4.78 is 43.9. The minimum atomic E-state index is -3.79. The first-order valence-corrected chi connectivity index (χ1v) is 11.8. The molecule has 2 atom stereocenters. The Morgan fingerprint density at radius 3 is 2.31 bits per heavy atom. The fraction of sp³-hybridized carbons (Fsp3) is 0.478. The lowest BCUT2D eigenvalue weighted by Crippen LogP contribution is -2.33. The Kier molecular flexibility index (Phi) is 7.81. The third-order valence-corrected chi connectivity index (χ3v) is 7.13. The van der Waals surface area contributed by atoms with Gasteiger partial charge in [-0.15, -0.1) is 0 Å². The average molecular weight is 420 g/mol. The van der Waals surface area contributed by atoms with Gasteiger partial charge in [0.2, 0.25) is 0 Å². The van der Waals surface area contributed by atoms with Crippen LogP contribution in [0.3, 0.4) is 0 Å². The van der Waals surface area contributed by atoms with E-state index in [2.05, 4.69) is 11.8 Å². The Morgan fingerprint density at radius 2 is 1.66 bits per heavy atom. The van der Waals surface area contributed by atoms with Gasteiger partial charge in [0, 0.05) is 0 Å². The van der Waals surface area contributed by atoms with Crippen LogP contribution in [0.15, 0.2) is 59.5 Å². The van der Waals surface area contributed by atoms with Crippen molar-refractivity contribution in [2.24, 2.45) is 5.92 Å². The van der Waals surface area contributed by atoms with Crippen molar-refractivity contribution in [1.82, 2.24) is 4.90 Å². The fourth-order valence-electron chi connectivity index (χ4n) is 3.88. The molecule has 2 unspecified atom stereocenters. The van der Waals surface area contributed by atoms with Crippen molar-refractivity contribution in [2.75, 3.05) is 26.2 Å². The van der Waals surface area contributed by atoms with Crippen LogP contribution < -0.4 is 0 Å². The van der Waals surface area contributed by atoms with E-state index in [0.717, 1.165) is 31.6 Å². The Bertz CT molecular complexity index is 849. The third kappa shape index (κ3) is 6.36. The summed E-state index contributed by atoms with van der Waals surface area (Å²) in [4.78, 5) is 2.61. The quantitative estimate of drug-likeness (QED) is 0.547. The highest BCUT2D eigenvalue weighted by Gasteiger charge is 2.24. The van der Waals surface area contributed by atoms with Crippen LogP contribution in [0.25, 0.3) is 0 Å². The van der Waals surface area contributed by atoms with Crippen LogP contribution >= 0.6 is 0 Å². The zero-order valence-electron chi connectivity index (χ0n) is 17.0. The van der Waals surface area contributed by atoms with Gasteiger partial charge in [-0.05, 0) is 80.6 Å². The van der Waals surface area contributed by atoms with E-state index in [9.17, 15) is 12.8 Å². The second kappa shape index (κ2) is 10.3.